The van der Waals surface area contributed by atoms with Gasteiger partial charge in [0.15, 0.2) is 0 Å². The highest BCUT2D eigenvalue weighted by Crippen LogP contribution is 2.31. The Labute approximate surface area is 98.8 Å². The second-order valence-corrected chi connectivity index (χ2v) is 4.40. The molecule has 2 nitrogen and oxygen atoms in total. The summed E-state index contributed by atoms with van der Waals surface area (Å²) in [6.45, 7) is 7.12. The summed E-state index contributed by atoms with van der Waals surface area (Å²) in [5, 5.41) is 0. The molecule has 90 valence electrons. The summed E-state index contributed by atoms with van der Waals surface area (Å²) in [6.07, 6.45) is 2.27. The van der Waals surface area contributed by atoms with Crippen LogP contribution in [-0.4, -0.2) is 13.7 Å². The Morgan fingerprint density at radius 1 is 1.25 bits per heavy atom. The summed E-state index contributed by atoms with van der Waals surface area (Å²) in [5.41, 5.74) is 9.69. The van der Waals surface area contributed by atoms with Crippen molar-refractivity contribution in [1.82, 2.24) is 0 Å². The van der Waals surface area contributed by atoms with Crippen molar-refractivity contribution in [1.29, 1.82) is 0 Å². The number of aryl methyl sites for hydroxylation is 2. The van der Waals surface area contributed by atoms with Crippen LogP contribution in [-0.2, 0) is 0 Å². The summed E-state index contributed by atoms with van der Waals surface area (Å²) in [6, 6.07) is 4.34. The van der Waals surface area contributed by atoms with Gasteiger partial charge in [-0.05, 0) is 55.5 Å². The fraction of sp³-hybridized carbons (Fsp3) is 0.571. The predicted octanol–water partition coefficient (Wildman–Crippen LogP) is 3.15. The van der Waals surface area contributed by atoms with Crippen LogP contribution >= 0.6 is 0 Å². The molecule has 0 saturated heterocycles. The van der Waals surface area contributed by atoms with E-state index in [1.807, 2.05) is 0 Å². The molecule has 1 rings (SSSR count). The van der Waals surface area contributed by atoms with Crippen LogP contribution < -0.4 is 10.5 Å². The van der Waals surface area contributed by atoms with Crippen molar-refractivity contribution < 1.29 is 4.74 Å². The Morgan fingerprint density at radius 2 is 1.88 bits per heavy atom. The summed E-state index contributed by atoms with van der Waals surface area (Å²) >= 11 is 0. The lowest BCUT2D eigenvalue weighted by Gasteiger charge is -2.19. The van der Waals surface area contributed by atoms with Gasteiger partial charge in [0.2, 0.25) is 0 Å². The van der Waals surface area contributed by atoms with Crippen molar-refractivity contribution in [2.75, 3.05) is 13.7 Å². The van der Waals surface area contributed by atoms with E-state index in [1.165, 1.54) is 16.7 Å². The van der Waals surface area contributed by atoms with E-state index in [4.69, 9.17) is 10.5 Å². The van der Waals surface area contributed by atoms with Gasteiger partial charge in [-0.3, -0.25) is 0 Å². The second kappa shape index (κ2) is 5.90. The molecule has 1 atom stereocenters. The van der Waals surface area contributed by atoms with Crippen molar-refractivity contribution in [3.05, 3.63) is 28.8 Å². The first kappa shape index (κ1) is 13.0. The highest BCUT2D eigenvalue weighted by Gasteiger charge is 2.15. The third-order valence-electron chi connectivity index (χ3n) is 3.21. The van der Waals surface area contributed by atoms with E-state index < -0.39 is 0 Å². The van der Waals surface area contributed by atoms with Crippen molar-refractivity contribution in [3.63, 3.8) is 0 Å². The molecule has 0 heterocycles. The van der Waals surface area contributed by atoms with Crippen molar-refractivity contribution in [2.24, 2.45) is 5.73 Å². The monoisotopic (exact) mass is 221 g/mol. The van der Waals surface area contributed by atoms with Crippen LogP contribution in [0.4, 0.5) is 0 Å². The van der Waals surface area contributed by atoms with E-state index in [1.54, 1.807) is 7.11 Å². The Kier molecular flexibility index (Phi) is 4.81. The van der Waals surface area contributed by atoms with E-state index in [-0.39, 0.29) is 0 Å². The molecular weight excluding hydrogens is 198 g/mol. The lowest BCUT2D eigenvalue weighted by molar-refractivity contribution is 0.403. The summed E-state index contributed by atoms with van der Waals surface area (Å²) in [5.74, 6) is 1.39. The van der Waals surface area contributed by atoms with Crippen LogP contribution in [0.3, 0.4) is 0 Å². The van der Waals surface area contributed by atoms with E-state index in [0.717, 1.165) is 18.6 Å². The maximum absolute atomic E-state index is 5.85. The highest BCUT2D eigenvalue weighted by atomic mass is 16.5. The molecule has 1 unspecified atom stereocenters. The van der Waals surface area contributed by atoms with E-state index in [2.05, 4.69) is 32.9 Å². The largest absolute Gasteiger partial charge is 0.496 e. The normalized spacial score (nSPS) is 12.6. The molecular formula is C14H23NO. The minimum absolute atomic E-state index is 0.416. The van der Waals surface area contributed by atoms with Crippen LogP contribution in [0.5, 0.6) is 5.75 Å². The molecule has 0 aliphatic rings. The van der Waals surface area contributed by atoms with Crippen molar-refractivity contribution >= 4 is 0 Å². The minimum Gasteiger partial charge on any atom is -0.496 e. The molecule has 2 N–H and O–H groups in total. The number of ether oxygens (including phenoxy) is 1. The van der Waals surface area contributed by atoms with E-state index in [9.17, 15) is 0 Å². The molecule has 16 heavy (non-hydrogen) atoms. The van der Waals surface area contributed by atoms with Gasteiger partial charge in [0.1, 0.15) is 5.75 Å². The zero-order valence-corrected chi connectivity index (χ0v) is 10.8. The molecule has 1 aromatic rings. The van der Waals surface area contributed by atoms with E-state index >= 15 is 0 Å². The molecule has 0 aliphatic heterocycles. The first-order valence-corrected chi connectivity index (χ1v) is 5.99. The lowest BCUT2D eigenvalue weighted by Crippen LogP contribution is -2.13. The first-order chi connectivity index (χ1) is 7.63. The van der Waals surface area contributed by atoms with Gasteiger partial charge in [-0.25, -0.2) is 0 Å². The lowest BCUT2D eigenvalue weighted by atomic mass is 9.91. The van der Waals surface area contributed by atoms with E-state index in [0.29, 0.717) is 12.5 Å². The van der Waals surface area contributed by atoms with Gasteiger partial charge >= 0.3 is 0 Å². The molecule has 0 aromatic heterocycles. The number of hydrogen-bond acceptors (Lipinski definition) is 2. The predicted molar refractivity (Wildman–Crippen MR) is 69.2 cm³/mol. The Balaban J connectivity index is 3.13. The quantitative estimate of drug-likeness (QED) is 0.829. The maximum atomic E-state index is 5.85. The van der Waals surface area contributed by atoms with Crippen LogP contribution in [0.25, 0.3) is 0 Å². The smallest absolute Gasteiger partial charge is 0.122 e. The number of nitrogens with two attached hydrogens (primary N) is 1. The molecule has 1 aromatic carbocycles. The zero-order chi connectivity index (χ0) is 12.1. The highest BCUT2D eigenvalue weighted by molar-refractivity contribution is 5.43. The van der Waals surface area contributed by atoms with Crippen molar-refractivity contribution in [3.8, 4) is 5.75 Å². The SMILES string of the molecule is CCCC(CN)c1cc(C)c(C)cc1OC. The number of benzene rings is 1. The van der Waals surface area contributed by atoms with Gasteiger partial charge in [0, 0.05) is 0 Å². The Hall–Kier alpha value is -1.02. The third kappa shape index (κ3) is 2.76. The first-order valence-electron chi connectivity index (χ1n) is 5.99. The number of hydrogen-bond donors (Lipinski definition) is 1. The van der Waals surface area contributed by atoms with Gasteiger partial charge in [-0.15, -0.1) is 0 Å². The molecule has 0 amide bonds. The van der Waals surface area contributed by atoms with Crippen LogP contribution in [0.1, 0.15) is 42.4 Å². The molecule has 0 fully saturated rings. The second-order valence-electron chi connectivity index (χ2n) is 4.40. The van der Waals surface area contributed by atoms with Crippen LogP contribution in [0.2, 0.25) is 0 Å². The average molecular weight is 221 g/mol. The van der Waals surface area contributed by atoms with Crippen molar-refractivity contribution in [2.45, 2.75) is 39.5 Å². The zero-order valence-electron chi connectivity index (χ0n) is 10.8. The maximum Gasteiger partial charge on any atom is 0.122 e. The molecule has 0 aliphatic carbocycles. The fourth-order valence-electron chi connectivity index (χ4n) is 2.06. The van der Waals surface area contributed by atoms with Gasteiger partial charge in [-0.2, -0.15) is 0 Å². The summed E-state index contributed by atoms with van der Waals surface area (Å²) < 4.78 is 5.45. The van der Waals surface area contributed by atoms with Gasteiger partial charge < -0.3 is 10.5 Å². The summed E-state index contributed by atoms with van der Waals surface area (Å²) in [7, 11) is 1.73. The Morgan fingerprint density at radius 3 is 2.38 bits per heavy atom. The molecule has 2 heteroatoms. The van der Waals surface area contributed by atoms with Crippen LogP contribution in [0, 0.1) is 13.8 Å². The molecule has 0 spiro atoms. The van der Waals surface area contributed by atoms with Gasteiger partial charge in [0.25, 0.3) is 0 Å². The molecule has 0 radical (unpaired) electrons. The average Bonchev–Trinajstić information content (AvgIpc) is 2.29. The molecule has 0 saturated carbocycles. The van der Waals surface area contributed by atoms with Gasteiger partial charge in [-0.1, -0.05) is 19.4 Å². The number of rotatable bonds is 5. The minimum atomic E-state index is 0.416. The molecule has 0 bridgehead atoms. The fourth-order valence-corrected chi connectivity index (χ4v) is 2.06. The summed E-state index contributed by atoms with van der Waals surface area (Å²) in [4.78, 5) is 0. The van der Waals surface area contributed by atoms with Gasteiger partial charge in [0.05, 0.1) is 7.11 Å². The van der Waals surface area contributed by atoms with Crippen LogP contribution in [0.15, 0.2) is 12.1 Å². The standard InChI is InChI=1S/C14H23NO/c1-5-6-12(9-15)13-7-10(2)11(3)8-14(13)16-4/h7-8,12H,5-6,9,15H2,1-4H3. The number of methoxy groups -OCH3 is 1. The topological polar surface area (TPSA) is 35.2 Å². The Bertz CT molecular complexity index is 347. The third-order valence-corrected chi connectivity index (χ3v) is 3.21.